The lowest BCUT2D eigenvalue weighted by atomic mass is 10.0. The molecule has 134 valence electrons. The van der Waals surface area contributed by atoms with Crippen LogP contribution >= 0.6 is 0 Å². The smallest absolute Gasteiger partial charge is 0.251 e. The minimum Gasteiger partial charge on any atom is -0.359 e. The van der Waals surface area contributed by atoms with Crippen LogP contribution in [0.25, 0.3) is 0 Å². The Balaban J connectivity index is 1.59. The van der Waals surface area contributed by atoms with Gasteiger partial charge in [0.1, 0.15) is 0 Å². The average molecular weight is 343 g/mol. The Kier molecular flexibility index (Phi) is 5.18. The third kappa shape index (κ3) is 3.58. The molecule has 0 unspecified atom stereocenters. The van der Waals surface area contributed by atoms with E-state index in [0.29, 0.717) is 36.9 Å². The van der Waals surface area contributed by atoms with Crippen LogP contribution in [0.5, 0.6) is 0 Å². The SMILES string of the molecule is CNC(=O)C[C@H]1CC[C@@H](CNC(=O)c2cccc3c2CCC3=O)N1C. The molecule has 0 saturated carbocycles. The molecule has 0 bridgehead atoms. The van der Waals surface area contributed by atoms with Gasteiger partial charge in [-0.2, -0.15) is 0 Å². The van der Waals surface area contributed by atoms with Gasteiger partial charge in [0.05, 0.1) is 0 Å². The number of carbonyl (C=O) groups excluding carboxylic acids is 3. The molecule has 25 heavy (non-hydrogen) atoms. The van der Waals surface area contributed by atoms with Crippen LogP contribution < -0.4 is 10.6 Å². The zero-order chi connectivity index (χ0) is 18.0. The monoisotopic (exact) mass is 343 g/mol. The van der Waals surface area contributed by atoms with Crippen LogP contribution in [-0.4, -0.2) is 55.2 Å². The van der Waals surface area contributed by atoms with Crippen molar-refractivity contribution in [2.45, 2.75) is 44.2 Å². The van der Waals surface area contributed by atoms with E-state index in [1.54, 1.807) is 25.2 Å². The third-order valence-electron chi connectivity index (χ3n) is 5.51. The summed E-state index contributed by atoms with van der Waals surface area (Å²) in [5.41, 5.74) is 2.18. The Hall–Kier alpha value is -2.21. The lowest BCUT2D eigenvalue weighted by Crippen LogP contribution is -2.42. The molecular weight excluding hydrogens is 318 g/mol. The van der Waals surface area contributed by atoms with Gasteiger partial charge in [0, 0.05) is 49.6 Å². The number of nitrogens with one attached hydrogen (secondary N) is 2. The van der Waals surface area contributed by atoms with Crippen molar-refractivity contribution < 1.29 is 14.4 Å². The largest absolute Gasteiger partial charge is 0.359 e. The molecule has 6 heteroatoms. The van der Waals surface area contributed by atoms with E-state index in [4.69, 9.17) is 0 Å². The summed E-state index contributed by atoms with van der Waals surface area (Å²) in [6.07, 6.45) is 3.55. The Bertz CT molecular complexity index is 701. The summed E-state index contributed by atoms with van der Waals surface area (Å²) in [4.78, 5) is 38.2. The van der Waals surface area contributed by atoms with Crippen LogP contribution in [0.4, 0.5) is 0 Å². The second-order valence-corrected chi connectivity index (χ2v) is 6.89. The van der Waals surface area contributed by atoms with Crippen LogP contribution in [0.1, 0.15) is 52.0 Å². The van der Waals surface area contributed by atoms with Gasteiger partial charge in [0.15, 0.2) is 5.78 Å². The van der Waals surface area contributed by atoms with Gasteiger partial charge in [-0.15, -0.1) is 0 Å². The molecule has 1 aliphatic heterocycles. The number of fused-ring (bicyclic) bond motifs is 1. The van der Waals surface area contributed by atoms with Crippen molar-refractivity contribution in [2.24, 2.45) is 0 Å². The van der Waals surface area contributed by atoms with Crippen LogP contribution in [-0.2, 0) is 11.2 Å². The van der Waals surface area contributed by atoms with Crippen molar-refractivity contribution in [2.75, 3.05) is 20.6 Å². The van der Waals surface area contributed by atoms with Gasteiger partial charge < -0.3 is 10.6 Å². The standard InChI is InChI=1S/C19H25N3O3/c1-20-18(24)10-12-6-7-13(22(12)2)11-21-19(25)16-5-3-4-15-14(16)8-9-17(15)23/h3-5,12-13H,6-11H2,1-2H3,(H,20,24)(H,21,25)/t12-,13+/m1/s1. The summed E-state index contributed by atoms with van der Waals surface area (Å²) in [6.45, 7) is 0.553. The van der Waals surface area contributed by atoms with E-state index in [0.717, 1.165) is 18.4 Å². The highest BCUT2D eigenvalue weighted by atomic mass is 16.2. The van der Waals surface area contributed by atoms with Gasteiger partial charge in [0.2, 0.25) is 5.91 Å². The lowest BCUT2D eigenvalue weighted by molar-refractivity contribution is -0.121. The van der Waals surface area contributed by atoms with E-state index in [1.807, 2.05) is 7.05 Å². The molecule has 1 aliphatic carbocycles. The average Bonchev–Trinajstić information content (AvgIpc) is 3.16. The molecule has 1 aromatic rings. The van der Waals surface area contributed by atoms with Crippen LogP contribution in [0.15, 0.2) is 18.2 Å². The minimum absolute atomic E-state index is 0.0473. The van der Waals surface area contributed by atoms with Gasteiger partial charge in [-0.25, -0.2) is 0 Å². The summed E-state index contributed by atoms with van der Waals surface area (Å²) in [6, 6.07) is 5.82. The number of amides is 2. The van der Waals surface area contributed by atoms with Crippen LogP contribution in [0.3, 0.4) is 0 Å². The van der Waals surface area contributed by atoms with Crippen molar-refractivity contribution in [1.29, 1.82) is 0 Å². The first-order valence-electron chi connectivity index (χ1n) is 8.87. The normalized spacial score (nSPS) is 22.7. The summed E-state index contributed by atoms with van der Waals surface area (Å²) in [5, 5.41) is 5.67. The van der Waals surface area contributed by atoms with Gasteiger partial charge >= 0.3 is 0 Å². The molecule has 2 aliphatic rings. The molecule has 6 nitrogen and oxygen atoms in total. The fraction of sp³-hybridized carbons (Fsp3) is 0.526. The van der Waals surface area contributed by atoms with Gasteiger partial charge in [0.25, 0.3) is 5.91 Å². The Labute approximate surface area is 148 Å². The van der Waals surface area contributed by atoms with E-state index in [2.05, 4.69) is 15.5 Å². The van der Waals surface area contributed by atoms with Crippen LogP contribution in [0, 0.1) is 0 Å². The molecule has 3 rings (SSSR count). The molecule has 2 amide bonds. The molecule has 1 aromatic carbocycles. The molecule has 0 radical (unpaired) electrons. The molecule has 1 saturated heterocycles. The first kappa shape index (κ1) is 17.6. The number of nitrogens with zero attached hydrogens (tertiary/aromatic N) is 1. The summed E-state index contributed by atoms with van der Waals surface area (Å²) < 4.78 is 0. The number of hydrogen-bond donors (Lipinski definition) is 2. The fourth-order valence-corrected chi connectivity index (χ4v) is 3.91. The fourth-order valence-electron chi connectivity index (χ4n) is 3.91. The van der Waals surface area contributed by atoms with E-state index >= 15 is 0 Å². The van der Waals surface area contributed by atoms with Crippen molar-refractivity contribution in [1.82, 2.24) is 15.5 Å². The van der Waals surface area contributed by atoms with E-state index in [1.165, 1.54) is 0 Å². The number of carbonyl (C=O) groups is 3. The maximum atomic E-state index is 12.6. The van der Waals surface area contributed by atoms with Gasteiger partial charge in [-0.3, -0.25) is 19.3 Å². The second kappa shape index (κ2) is 7.35. The van der Waals surface area contributed by atoms with Gasteiger partial charge in [-0.1, -0.05) is 12.1 Å². The Morgan fingerprint density at radius 1 is 1.20 bits per heavy atom. The Morgan fingerprint density at radius 3 is 2.72 bits per heavy atom. The predicted molar refractivity (Wildman–Crippen MR) is 94.7 cm³/mol. The zero-order valence-corrected chi connectivity index (χ0v) is 14.8. The summed E-state index contributed by atoms with van der Waals surface area (Å²) >= 11 is 0. The number of rotatable bonds is 5. The van der Waals surface area contributed by atoms with Crippen molar-refractivity contribution in [3.8, 4) is 0 Å². The maximum Gasteiger partial charge on any atom is 0.251 e. The van der Waals surface area contributed by atoms with E-state index < -0.39 is 0 Å². The molecule has 1 fully saturated rings. The van der Waals surface area contributed by atoms with Crippen molar-refractivity contribution in [3.63, 3.8) is 0 Å². The first-order valence-corrected chi connectivity index (χ1v) is 8.87. The highest BCUT2D eigenvalue weighted by Gasteiger charge is 2.32. The van der Waals surface area contributed by atoms with E-state index in [9.17, 15) is 14.4 Å². The number of likely N-dealkylation sites (tertiary alicyclic amines) is 1. The molecule has 2 N–H and O–H groups in total. The van der Waals surface area contributed by atoms with Gasteiger partial charge in [-0.05, 0) is 37.9 Å². The number of likely N-dealkylation sites (N-methyl/N-ethyl adjacent to an activating group) is 1. The summed E-state index contributed by atoms with van der Waals surface area (Å²) in [7, 11) is 3.66. The molecular formula is C19H25N3O3. The molecule has 0 aromatic heterocycles. The third-order valence-corrected chi connectivity index (χ3v) is 5.51. The summed E-state index contributed by atoms with van der Waals surface area (Å²) in [5.74, 6) is 0.0537. The number of ketones is 1. The quantitative estimate of drug-likeness (QED) is 0.840. The highest BCUT2D eigenvalue weighted by Crippen LogP contribution is 2.26. The van der Waals surface area contributed by atoms with Crippen molar-refractivity contribution >= 4 is 17.6 Å². The highest BCUT2D eigenvalue weighted by molar-refractivity contribution is 6.05. The van der Waals surface area contributed by atoms with Crippen LogP contribution in [0.2, 0.25) is 0 Å². The lowest BCUT2D eigenvalue weighted by Gasteiger charge is -2.25. The number of Topliss-reactive ketones (excluding diaryl/α,β-unsaturated/α-hetero) is 1. The van der Waals surface area contributed by atoms with Crippen molar-refractivity contribution in [3.05, 3.63) is 34.9 Å². The molecule has 2 atom stereocenters. The second-order valence-electron chi connectivity index (χ2n) is 6.89. The van der Waals surface area contributed by atoms with E-state index in [-0.39, 0.29) is 29.7 Å². The Morgan fingerprint density at radius 2 is 1.96 bits per heavy atom. The molecule has 1 heterocycles. The zero-order valence-electron chi connectivity index (χ0n) is 14.8. The number of hydrogen-bond acceptors (Lipinski definition) is 4. The predicted octanol–water partition coefficient (Wildman–Crippen LogP) is 1.14. The first-order chi connectivity index (χ1) is 12.0. The number of benzene rings is 1. The topological polar surface area (TPSA) is 78.5 Å². The minimum atomic E-state index is -0.116. The molecule has 0 spiro atoms. The maximum absolute atomic E-state index is 12.6.